The van der Waals surface area contributed by atoms with Gasteiger partial charge in [0.25, 0.3) is 10.2 Å². The summed E-state index contributed by atoms with van der Waals surface area (Å²) < 4.78 is 27.6. The molecule has 0 amide bonds. The van der Waals surface area contributed by atoms with Crippen LogP contribution >= 0.6 is 11.6 Å². The number of nitrogens with zero attached hydrogens (tertiary/aromatic N) is 2. The van der Waals surface area contributed by atoms with Crippen LogP contribution in [0.3, 0.4) is 0 Å². The van der Waals surface area contributed by atoms with Gasteiger partial charge in [-0.1, -0.05) is 17.7 Å². The highest BCUT2D eigenvalue weighted by Crippen LogP contribution is 2.36. The smallest absolute Gasteiger partial charge is 0.290 e. The third-order valence-corrected chi connectivity index (χ3v) is 4.43. The van der Waals surface area contributed by atoms with E-state index < -0.39 is 10.2 Å². The Bertz CT molecular complexity index is 552. The molecule has 0 radical (unpaired) electrons. The van der Waals surface area contributed by atoms with Gasteiger partial charge in [-0.05, 0) is 18.6 Å². The van der Waals surface area contributed by atoms with Crippen molar-refractivity contribution in [2.45, 2.75) is 13.0 Å². The van der Waals surface area contributed by atoms with Crippen molar-refractivity contribution >= 4 is 27.6 Å². The van der Waals surface area contributed by atoms with E-state index in [1.807, 2.05) is 13.0 Å². The summed E-state index contributed by atoms with van der Waals surface area (Å²) >= 11 is 6.17. The summed E-state index contributed by atoms with van der Waals surface area (Å²) in [5.41, 5.74) is 1.09. The Morgan fingerprint density at radius 2 is 2.11 bits per heavy atom. The lowest BCUT2D eigenvalue weighted by molar-refractivity contribution is 0.293. The molecule has 0 aromatic carbocycles. The van der Waals surface area contributed by atoms with Crippen LogP contribution in [-0.4, -0.2) is 39.4 Å². The second-order valence-corrected chi connectivity index (χ2v) is 6.31. The summed E-state index contributed by atoms with van der Waals surface area (Å²) in [4.78, 5) is 0. The average Bonchev–Trinajstić information content (AvgIpc) is 2.61. The Labute approximate surface area is 112 Å². The number of nitrogens with one attached hydrogen (secondary N) is 2. The Hall–Kier alpha value is -1.05. The summed E-state index contributed by atoms with van der Waals surface area (Å²) in [6.45, 7) is 1.97. The summed E-state index contributed by atoms with van der Waals surface area (Å²) in [6.07, 6.45) is 3.70. The fraction of sp³-hybridized carbons (Fsp3) is 0.500. The van der Waals surface area contributed by atoms with E-state index in [-0.39, 0.29) is 12.0 Å². The lowest BCUT2D eigenvalue weighted by atomic mass is 9.89. The lowest BCUT2D eigenvalue weighted by Gasteiger charge is -2.28. The largest absolute Gasteiger partial charge is 0.299 e. The van der Waals surface area contributed by atoms with E-state index in [4.69, 9.17) is 11.6 Å². The molecule has 1 aliphatic heterocycles. The quantitative estimate of drug-likeness (QED) is 0.771. The minimum absolute atomic E-state index is 0.0305. The van der Waals surface area contributed by atoms with Crippen LogP contribution in [0.15, 0.2) is 27.9 Å². The highest BCUT2D eigenvalue weighted by atomic mass is 35.5. The molecule has 0 fully saturated rings. The maximum absolute atomic E-state index is 11.5. The molecule has 0 aromatic rings. The predicted octanol–water partition coefficient (Wildman–Crippen LogP) is 0.367. The van der Waals surface area contributed by atoms with E-state index in [2.05, 4.69) is 14.5 Å². The number of fused-ring (bicyclic) bond motifs is 1. The number of likely N-dealkylation sites (N-methyl/N-ethyl adjacent to an activating group) is 1. The first-order valence-electron chi connectivity index (χ1n) is 5.42. The van der Waals surface area contributed by atoms with Gasteiger partial charge >= 0.3 is 0 Å². The minimum atomic E-state index is -3.58. The van der Waals surface area contributed by atoms with Crippen LogP contribution in [-0.2, 0) is 10.2 Å². The molecule has 0 spiro atoms. The Balaban J connectivity index is 2.32. The minimum Gasteiger partial charge on any atom is -0.290 e. The molecular formula is C10H15ClN4O2S. The molecule has 2 unspecified atom stereocenters. The van der Waals surface area contributed by atoms with Crippen LogP contribution in [0, 0.1) is 5.92 Å². The fourth-order valence-electron chi connectivity index (χ4n) is 2.18. The van der Waals surface area contributed by atoms with Gasteiger partial charge in [0.05, 0.1) is 12.0 Å². The topological polar surface area (TPSA) is 73.8 Å². The third kappa shape index (κ3) is 2.25. The number of allylic oxidation sites excluding steroid dienone is 2. The molecular weight excluding hydrogens is 276 g/mol. The molecule has 0 bridgehead atoms. The van der Waals surface area contributed by atoms with Gasteiger partial charge in [0.2, 0.25) is 0 Å². The van der Waals surface area contributed by atoms with E-state index >= 15 is 0 Å². The van der Waals surface area contributed by atoms with Crippen molar-refractivity contribution in [3.63, 3.8) is 0 Å². The van der Waals surface area contributed by atoms with Gasteiger partial charge in [0, 0.05) is 19.1 Å². The van der Waals surface area contributed by atoms with Crippen molar-refractivity contribution in [2.24, 2.45) is 11.0 Å². The first kappa shape index (κ1) is 13.4. The van der Waals surface area contributed by atoms with Gasteiger partial charge in [-0.2, -0.15) is 13.5 Å². The van der Waals surface area contributed by atoms with Gasteiger partial charge in [-0.3, -0.25) is 9.73 Å². The van der Waals surface area contributed by atoms with Crippen LogP contribution in [0.5, 0.6) is 0 Å². The maximum Gasteiger partial charge on any atom is 0.299 e. The Morgan fingerprint density at radius 1 is 1.44 bits per heavy atom. The van der Waals surface area contributed by atoms with E-state index in [0.29, 0.717) is 10.9 Å². The molecule has 2 aliphatic rings. The lowest BCUT2D eigenvalue weighted by Crippen LogP contribution is -2.43. The van der Waals surface area contributed by atoms with Crippen LogP contribution in [0.2, 0.25) is 0 Å². The van der Waals surface area contributed by atoms with Crippen molar-refractivity contribution in [2.75, 3.05) is 14.1 Å². The predicted molar refractivity (Wildman–Crippen MR) is 71.3 cm³/mol. The second-order valence-electron chi connectivity index (χ2n) is 4.25. The van der Waals surface area contributed by atoms with Gasteiger partial charge in [-0.25, -0.2) is 4.72 Å². The van der Waals surface area contributed by atoms with Crippen molar-refractivity contribution in [1.82, 2.24) is 14.5 Å². The highest BCUT2D eigenvalue weighted by molar-refractivity contribution is 7.88. The molecule has 100 valence electrons. The monoisotopic (exact) mass is 290 g/mol. The summed E-state index contributed by atoms with van der Waals surface area (Å²) in [7, 11) is -0.448. The molecule has 1 heterocycles. The molecule has 2 atom stereocenters. The van der Waals surface area contributed by atoms with Crippen LogP contribution in [0.1, 0.15) is 6.92 Å². The number of halogens is 1. The van der Waals surface area contributed by atoms with E-state index in [1.54, 1.807) is 18.1 Å². The molecule has 1 aliphatic carbocycles. The number of rotatable bonds is 2. The van der Waals surface area contributed by atoms with E-state index in [0.717, 1.165) is 5.57 Å². The fourth-order valence-corrected chi connectivity index (χ4v) is 3.02. The summed E-state index contributed by atoms with van der Waals surface area (Å²) in [5.74, 6) is 0.0790. The highest BCUT2D eigenvalue weighted by Gasteiger charge is 2.41. The zero-order chi connectivity index (χ0) is 13.5. The number of hydrogen-bond donors (Lipinski definition) is 2. The molecule has 2 rings (SSSR count). The van der Waals surface area contributed by atoms with E-state index in [9.17, 15) is 8.42 Å². The zero-order valence-corrected chi connectivity index (χ0v) is 11.9. The molecule has 2 N–H and O–H groups in total. The standard InChI is InChI=1S/C10H15ClN4O2S/c1-6-4-5-7(11)8-9(6)15(3)13-10(8)14-18(16,17)12-2/h4-5,8-9,12H,1-3H3,(H,13,14). The zero-order valence-electron chi connectivity index (χ0n) is 10.3. The summed E-state index contributed by atoms with van der Waals surface area (Å²) in [6, 6.07) is -0.0305. The maximum atomic E-state index is 11.5. The Kier molecular flexibility index (Phi) is 3.39. The van der Waals surface area contributed by atoms with Gasteiger partial charge < -0.3 is 0 Å². The molecule has 0 saturated heterocycles. The van der Waals surface area contributed by atoms with Gasteiger partial charge in [0.15, 0.2) is 0 Å². The number of amidine groups is 1. The second kappa shape index (κ2) is 4.56. The summed E-state index contributed by atoms with van der Waals surface area (Å²) in [5, 5.41) is 6.52. The molecule has 0 saturated carbocycles. The normalized spacial score (nSPS) is 27.3. The third-order valence-electron chi connectivity index (χ3n) is 3.06. The van der Waals surface area contributed by atoms with Crippen molar-refractivity contribution < 1.29 is 8.42 Å². The molecule has 8 heteroatoms. The van der Waals surface area contributed by atoms with Crippen LogP contribution in [0.4, 0.5) is 0 Å². The molecule has 0 aromatic heterocycles. The van der Waals surface area contributed by atoms with Gasteiger partial charge in [-0.15, -0.1) is 0 Å². The van der Waals surface area contributed by atoms with Crippen molar-refractivity contribution in [3.05, 3.63) is 22.8 Å². The SMILES string of the molecule is CNS(=O)(=O)NC1=NN(C)C2C(C)=CC=C(Cl)C12. The average molecular weight is 291 g/mol. The first-order valence-corrected chi connectivity index (χ1v) is 7.28. The van der Waals surface area contributed by atoms with Crippen molar-refractivity contribution in [3.8, 4) is 0 Å². The van der Waals surface area contributed by atoms with Gasteiger partial charge in [0.1, 0.15) is 5.84 Å². The van der Waals surface area contributed by atoms with Crippen molar-refractivity contribution in [1.29, 1.82) is 0 Å². The first-order chi connectivity index (χ1) is 8.35. The molecule has 18 heavy (non-hydrogen) atoms. The van der Waals surface area contributed by atoms with Crippen LogP contribution in [0.25, 0.3) is 0 Å². The number of hydrazone groups is 1. The van der Waals surface area contributed by atoms with E-state index in [1.165, 1.54) is 7.05 Å². The Morgan fingerprint density at radius 3 is 2.72 bits per heavy atom. The number of hydrogen-bond acceptors (Lipinski definition) is 4. The molecule has 6 nitrogen and oxygen atoms in total. The van der Waals surface area contributed by atoms with Crippen LogP contribution < -0.4 is 9.44 Å².